The van der Waals surface area contributed by atoms with Gasteiger partial charge in [-0.1, -0.05) is 208 Å². The highest BCUT2D eigenvalue weighted by atomic mass is 28.3. The quantitative estimate of drug-likeness (QED) is 0.149. The molecular weight excluding hydrogens is 965 g/mol. The number of fused-ring (bicyclic) bond motifs is 20. The SMILES string of the molecule is Cc1cccc2c1oc1c(N(c3ccccc3)c3cc4c(c5ccccc35)-c3ccc5cc(N(c6ccccc6)c6cccc7c6oc6c([Si](C)(C)C)cccc67)ccc5c3C43c4ccccc4-c4ccccc43)cccc12. The minimum atomic E-state index is -1.74. The number of benzene rings is 12. The van der Waals surface area contributed by atoms with Gasteiger partial charge in [-0.25, -0.2) is 0 Å². The van der Waals surface area contributed by atoms with Crippen LogP contribution < -0.4 is 15.0 Å². The lowest BCUT2D eigenvalue weighted by atomic mass is 9.69. The lowest BCUT2D eigenvalue weighted by molar-refractivity contribution is 0.666. The number of anilines is 6. The molecule has 4 nitrogen and oxygen atoms in total. The van der Waals surface area contributed by atoms with Crippen LogP contribution in [-0.2, 0) is 5.41 Å². The first-order valence-corrected chi connectivity index (χ1v) is 30.7. The van der Waals surface area contributed by atoms with Crippen molar-refractivity contribution in [1.29, 1.82) is 0 Å². The Bertz CT molecular complexity index is 4770. The van der Waals surface area contributed by atoms with Crippen molar-refractivity contribution in [1.82, 2.24) is 0 Å². The van der Waals surface area contributed by atoms with Crippen molar-refractivity contribution in [2.75, 3.05) is 9.80 Å². The van der Waals surface area contributed by atoms with Gasteiger partial charge < -0.3 is 18.6 Å². The number of aryl methyl sites for hydroxylation is 1. The van der Waals surface area contributed by atoms with Crippen LogP contribution in [0.15, 0.2) is 251 Å². The minimum absolute atomic E-state index is 0.671. The highest BCUT2D eigenvalue weighted by molar-refractivity contribution is 6.90. The summed E-state index contributed by atoms with van der Waals surface area (Å²) in [5, 5.41) is 10.6. The molecule has 0 fully saturated rings. The summed E-state index contributed by atoms with van der Waals surface area (Å²) in [4.78, 5) is 4.83. The van der Waals surface area contributed by atoms with E-state index >= 15 is 0 Å². The zero-order chi connectivity index (χ0) is 52.0. The predicted molar refractivity (Wildman–Crippen MR) is 329 cm³/mol. The van der Waals surface area contributed by atoms with Gasteiger partial charge in [0.15, 0.2) is 11.2 Å². The molecule has 2 aliphatic rings. The average Bonchev–Trinajstić information content (AvgIpc) is 4.30. The molecule has 12 aromatic carbocycles. The van der Waals surface area contributed by atoms with Crippen LogP contribution in [0.3, 0.4) is 0 Å². The number of para-hydroxylation sites is 6. The van der Waals surface area contributed by atoms with Gasteiger partial charge in [0.25, 0.3) is 0 Å². The van der Waals surface area contributed by atoms with Crippen molar-refractivity contribution in [3.63, 3.8) is 0 Å². The van der Waals surface area contributed by atoms with Crippen molar-refractivity contribution < 1.29 is 8.83 Å². The second-order valence-corrected chi connectivity index (χ2v) is 27.4. The number of rotatable bonds is 7. The van der Waals surface area contributed by atoms with Gasteiger partial charge in [0.1, 0.15) is 11.2 Å². The molecule has 0 atom stereocenters. The standard InChI is InChI=1S/C73H52N2O2Si/c1-45-21-17-30-55-56-31-19-37-64(71(56)76-69(45)55)75(48-24-9-6-10-25-48)65-44-62-67(54-29-12-11-28-53(54)65)59-41-39-46-43-49(40-42-50(46)68(59)73(62)60-34-15-13-26-51(60)52-27-14-16-35-61(52)73)74(47-22-7-5-8-23-47)63-36-18-32-57-58-33-20-38-66(78(2,3)4)72(58)77-70(57)63/h5-44H,1-4H3. The summed E-state index contributed by atoms with van der Waals surface area (Å²) >= 11 is 0. The molecule has 0 amide bonds. The smallest absolute Gasteiger partial charge is 0.159 e. The zero-order valence-electron chi connectivity index (χ0n) is 43.8. The fourth-order valence-corrected chi connectivity index (χ4v) is 15.3. The Morgan fingerprint density at radius 2 is 0.872 bits per heavy atom. The maximum Gasteiger partial charge on any atom is 0.159 e. The Kier molecular flexibility index (Phi) is 9.51. The molecule has 0 bridgehead atoms. The van der Waals surface area contributed by atoms with Crippen LogP contribution in [0, 0.1) is 6.92 Å². The molecule has 1 spiro atoms. The highest BCUT2D eigenvalue weighted by Gasteiger charge is 2.53. The van der Waals surface area contributed by atoms with E-state index in [1.54, 1.807) is 0 Å². The average molecular weight is 1020 g/mol. The maximum absolute atomic E-state index is 7.12. The Morgan fingerprint density at radius 1 is 0.346 bits per heavy atom. The summed E-state index contributed by atoms with van der Waals surface area (Å²) in [6.07, 6.45) is 0. The van der Waals surface area contributed by atoms with Gasteiger partial charge in [0, 0.05) is 44.0 Å². The number of nitrogens with zero attached hydrogens (tertiary/aromatic N) is 2. The van der Waals surface area contributed by atoms with E-state index in [2.05, 4.69) is 279 Å². The van der Waals surface area contributed by atoms with Crippen molar-refractivity contribution in [2.45, 2.75) is 32.0 Å². The van der Waals surface area contributed by atoms with Gasteiger partial charge in [-0.3, -0.25) is 0 Å². The largest absolute Gasteiger partial charge is 0.454 e. The van der Waals surface area contributed by atoms with Crippen molar-refractivity contribution >= 4 is 113 Å². The maximum atomic E-state index is 7.12. The van der Waals surface area contributed by atoms with Gasteiger partial charge in [-0.05, 0) is 133 Å². The van der Waals surface area contributed by atoms with Crippen LogP contribution in [-0.4, -0.2) is 8.07 Å². The molecule has 78 heavy (non-hydrogen) atoms. The molecule has 0 saturated heterocycles. The third-order valence-corrected chi connectivity index (χ3v) is 19.1. The van der Waals surface area contributed by atoms with Crippen LogP contribution in [0.25, 0.3) is 87.7 Å². The molecule has 16 rings (SSSR count). The summed E-state index contributed by atoms with van der Waals surface area (Å²) in [6, 6.07) is 89.8. The molecule has 0 N–H and O–H groups in total. The van der Waals surface area contributed by atoms with E-state index in [9.17, 15) is 0 Å². The summed E-state index contributed by atoms with van der Waals surface area (Å²) in [5.74, 6) is 0. The van der Waals surface area contributed by atoms with Crippen LogP contribution >= 0.6 is 0 Å². The van der Waals surface area contributed by atoms with Crippen molar-refractivity contribution in [2.24, 2.45) is 0 Å². The second-order valence-electron chi connectivity index (χ2n) is 22.3. The summed E-state index contributed by atoms with van der Waals surface area (Å²) in [7, 11) is -1.74. The molecule has 0 aliphatic heterocycles. The topological polar surface area (TPSA) is 32.8 Å². The van der Waals surface area contributed by atoms with Crippen LogP contribution in [0.1, 0.15) is 27.8 Å². The monoisotopic (exact) mass is 1020 g/mol. The third kappa shape index (κ3) is 6.16. The van der Waals surface area contributed by atoms with E-state index in [0.29, 0.717) is 0 Å². The summed E-state index contributed by atoms with van der Waals surface area (Å²) in [6.45, 7) is 9.33. The summed E-state index contributed by atoms with van der Waals surface area (Å²) < 4.78 is 14.1. The van der Waals surface area contributed by atoms with Gasteiger partial charge in [0.2, 0.25) is 0 Å². The molecule has 14 aromatic rings. The molecule has 2 aliphatic carbocycles. The van der Waals surface area contributed by atoms with Gasteiger partial charge in [0.05, 0.1) is 30.6 Å². The number of furan rings is 2. The molecule has 0 radical (unpaired) electrons. The van der Waals surface area contributed by atoms with Crippen molar-refractivity contribution in [3.05, 3.63) is 270 Å². The molecular formula is C73H52N2O2Si. The van der Waals surface area contributed by atoms with Gasteiger partial charge in [-0.2, -0.15) is 0 Å². The molecule has 5 heteroatoms. The van der Waals surface area contributed by atoms with Crippen LogP contribution in [0.4, 0.5) is 34.1 Å². The third-order valence-electron chi connectivity index (χ3n) is 17.0. The lowest BCUT2D eigenvalue weighted by Crippen LogP contribution is -2.37. The Hall–Kier alpha value is -9.42. The van der Waals surface area contributed by atoms with E-state index < -0.39 is 13.5 Å². The number of hydrogen-bond donors (Lipinski definition) is 0. The molecule has 0 unspecified atom stereocenters. The Morgan fingerprint density at radius 3 is 1.54 bits per heavy atom. The van der Waals surface area contributed by atoms with E-state index in [4.69, 9.17) is 8.83 Å². The highest BCUT2D eigenvalue weighted by Crippen LogP contribution is 2.66. The summed E-state index contributed by atoms with van der Waals surface area (Å²) in [5.41, 5.74) is 20.6. The van der Waals surface area contributed by atoms with Crippen molar-refractivity contribution in [3.8, 4) is 22.3 Å². The first-order valence-electron chi connectivity index (χ1n) is 27.2. The zero-order valence-corrected chi connectivity index (χ0v) is 44.8. The lowest BCUT2D eigenvalue weighted by Gasteiger charge is -2.33. The first kappa shape index (κ1) is 44.8. The van der Waals surface area contributed by atoms with Gasteiger partial charge >= 0.3 is 0 Å². The van der Waals surface area contributed by atoms with E-state index in [1.165, 1.54) is 71.2 Å². The molecule has 0 saturated carbocycles. The predicted octanol–water partition coefficient (Wildman–Crippen LogP) is 19.9. The van der Waals surface area contributed by atoms with E-state index in [1.807, 2.05) is 0 Å². The molecule has 2 aromatic heterocycles. The van der Waals surface area contributed by atoms with E-state index in [0.717, 1.165) is 83.6 Å². The Labute approximate surface area is 453 Å². The fourth-order valence-electron chi connectivity index (χ4n) is 13.8. The van der Waals surface area contributed by atoms with Gasteiger partial charge in [-0.15, -0.1) is 0 Å². The van der Waals surface area contributed by atoms with Crippen LogP contribution in [0.5, 0.6) is 0 Å². The first-order chi connectivity index (χ1) is 38.3. The van der Waals surface area contributed by atoms with Crippen LogP contribution in [0.2, 0.25) is 19.6 Å². The Balaban J connectivity index is 0.976. The minimum Gasteiger partial charge on any atom is -0.454 e. The normalized spacial score (nSPS) is 13.2. The van der Waals surface area contributed by atoms with E-state index in [-0.39, 0.29) is 0 Å². The fraction of sp³-hybridized carbons (Fsp3) is 0.0685. The second kappa shape index (κ2) is 16.5. The molecule has 370 valence electrons. The molecule has 2 heterocycles. The number of hydrogen-bond acceptors (Lipinski definition) is 4.